The van der Waals surface area contributed by atoms with E-state index >= 15 is 0 Å². The van der Waals surface area contributed by atoms with Crippen LogP contribution in [0.3, 0.4) is 0 Å². The second-order valence-corrected chi connectivity index (χ2v) is 6.29. The summed E-state index contributed by atoms with van der Waals surface area (Å²) in [6.07, 6.45) is 4.27. The summed E-state index contributed by atoms with van der Waals surface area (Å²) in [5.41, 5.74) is 0.979. The van der Waals surface area contributed by atoms with Crippen LogP contribution >= 0.6 is 0 Å². The van der Waals surface area contributed by atoms with E-state index in [0.717, 1.165) is 32.3 Å². The zero-order valence-electron chi connectivity index (χ0n) is 12.1. The highest BCUT2D eigenvalue weighted by Crippen LogP contribution is 2.39. The van der Waals surface area contributed by atoms with E-state index in [1.54, 1.807) is 6.92 Å². The maximum Gasteiger partial charge on any atom is 0.255 e. The van der Waals surface area contributed by atoms with Gasteiger partial charge in [0.25, 0.3) is 5.91 Å². The Bertz CT molecular complexity index is 618. The number of amides is 1. The van der Waals surface area contributed by atoms with Crippen molar-refractivity contribution >= 4 is 11.7 Å². The van der Waals surface area contributed by atoms with E-state index in [4.69, 9.17) is 9.15 Å². The molecule has 21 heavy (non-hydrogen) atoms. The van der Waals surface area contributed by atoms with Crippen LogP contribution in [0.2, 0.25) is 0 Å². The predicted molar refractivity (Wildman–Crippen MR) is 74.4 cm³/mol. The van der Waals surface area contributed by atoms with Gasteiger partial charge in [0.05, 0.1) is 17.2 Å². The van der Waals surface area contributed by atoms with E-state index in [9.17, 15) is 9.59 Å². The lowest BCUT2D eigenvalue weighted by atomic mass is 9.76. The van der Waals surface area contributed by atoms with Crippen molar-refractivity contribution in [1.82, 2.24) is 5.32 Å². The number of ketones is 1. The molecule has 1 aromatic heterocycles. The van der Waals surface area contributed by atoms with E-state index in [2.05, 4.69) is 5.32 Å². The third kappa shape index (κ3) is 1.94. The third-order valence-corrected chi connectivity index (χ3v) is 5.05. The Hall–Kier alpha value is -1.62. The zero-order valence-corrected chi connectivity index (χ0v) is 12.1. The average Bonchev–Trinajstić information content (AvgIpc) is 2.96. The van der Waals surface area contributed by atoms with Crippen molar-refractivity contribution in [2.45, 2.75) is 51.2 Å². The monoisotopic (exact) mass is 289 g/mol. The van der Waals surface area contributed by atoms with Gasteiger partial charge in [0.2, 0.25) is 0 Å². The molecule has 1 aromatic rings. The molecular formula is C16H19NO4. The van der Waals surface area contributed by atoms with Crippen molar-refractivity contribution in [1.29, 1.82) is 0 Å². The number of carbonyl (C=O) groups is 2. The molecule has 3 aliphatic rings. The van der Waals surface area contributed by atoms with E-state index in [1.165, 1.54) is 0 Å². The molecule has 3 atom stereocenters. The first-order valence-corrected chi connectivity index (χ1v) is 7.73. The van der Waals surface area contributed by atoms with Gasteiger partial charge in [-0.1, -0.05) is 0 Å². The molecule has 0 spiro atoms. The number of furan rings is 1. The smallest absolute Gasteiger partial charge is 0.255 e. The number of aryl methyl sites for hydroxylation is 2. The van der Waals surface area contributed by atoms with Crippen LogP contribution in [0.15, 0.2) is 4.42 Å². The summed E-state index contributed by atoms with van der Waals surface area (Å²) in [7, 11) is 0. The summed E-state index contributed by atoms with van der Waals surface area (Å²) in [5.74, 6) is 1.56. The average molecular weight is 289 g/mol. The van der Waals surface area contributed by atoms with Gasteiger partial charge >= 0.3 is 0 Å². The van der Waals surface area contributed by atoms with Gasteiger partial charge in [-0.15, -0.1) is 0 Å². The van der Waals surface area contributed by atoms with Crippen LogP contribution in [0.5, 0.6) is 0 Å². The summed E-state index contributed by atoms with van der Waals surface area (Å²) >= 11 is 0. The fraction of sp³-hybridized carbons (Fsp3) is 0.625. The molecule has 1 aliphatic heterocycles. The maximum atomic E-state index is 12.6. The quantitative estimate of drug-likeness (QED) is 0.904. The molecule has 4 rings (SSSR count). The molecule has 0 radical (unpaired) electrons. The van der Waals surface area contributed by atoms with Crippen molar-refractivity contribution in [2.75, 3.05) is 6.61 Å². The molecular weight excluding hydrogens is 270 g/mol. The van der Waals surface area contributed by atoms with Crippen LogP contribution in [-0.4, -0.2) is 30.4 Å². The van der Waals surface area contributed by atoms with Gasteiger partial charge in [-0.05, 0) is 26.2 Å². The fourth-order valence-electron chi connectivity index (χ4n) is 3.89. The molecule has 0 aromatic carbocycles. The maximum absolute atomic E-state index is 12.6. The number of nitrogens with one attached hydrogen (secondary N) is 1. The molecule has 5 nitrogen and oxygen atoms in total. The summed E-state index contributed by atoms with van der Waals surface area (Å²) in [5, 5.41) is 3.07. The molecule has 0 bridgehead atoms. The highest BCUT2D eigenvalue weighted by Gasteiger charge is 2.46. The van der Waals surface area contributed by atoms with E-state index in [0.29, 0.717) is 41.1 Å². The number of carbonyl (C=O) groups excluding carboxylic acids is 2. The van der Waals surface area contributed by atoms with Gasteiger partial charge in [0.15, 0.2) is 5.78 Å². The normalized spacial score (nSPS) is 30.5. The molecule has 1 N–H and O–H groups in total. The third-order valence-electron chi connectivity index (χ3n) is 5.05. The Morgan fingerprint density at radius 1 is 1.33 bits per heavy atom. The molecule has 112 valence electrons. The van der Waals surface area contributed by atoms with Crippen LogP contribution in [-0.2, 0) is 11.2 Å². The molecule has 2 heterocycles. The number of rotatable bonds is 2. The van der Waals surface area contributed by atoms with Crippen LogP contribution in [0, 0.1) is 12.8 Å². The number of hydrogen-bond donors (Lipinski definition) is 1. The summed E-state index contributed by atoms with van der Waals surface area (Å²) < 4.78 is 11.2. The summed E-state index contributed by atoms with van der Waals surface area (Å²) in [4.78, 5) is 24.7. The van der Waals surface area contributed by atoms with E-state index in [1.807, 2.05) is 0 Å². The number of hydrogen-bond acceptors (Lipinski definition) is 4. The number of fused-ring (bicyclic) bond motifs is 2. The first kappa shape index (κ1) is 13.1. The van der Waals surface area contributed by atoms with Crippen molar-refractivity contribution in [3.63, 3.8) is 0 Å². The number of Topliss-reactive ketones (excluding diaryl/α,β-unsaturated/α-hetero) is 1. The minimum absolute atomic E-state index is 0.0361. The summed E-state index contributed by atoms with van der Waals surface area (Å²) in [6, 6.07) is 0.175. The van der Waals surface area contributed by atoms with Crippen LogP contribution in [0.1, 0.15) is 57.9 Å². The van der Waals surface area contributed by atoms with Gasteiger partial charge in [0, 0.05) is 31.4 Å². The van der Waals surface area contributed by atoms with E-state index < -0.39 is 0 Å². The minimum atomic E-state index is -0.164. The zero-order chi connectivity index (χ0) is 14.6. The first-order chi connectivity index (χ1) is 10.1. The van der Waals surface area contributed by atoms with Gasteiger partial charge in [-0.2, -0.15) is 0 Å². The Balaban J connectivity index is 1.57. The topological polar surface area (TPSA) is 68.5 Å². The molecule has 0 unspecified atom stereocenters. The van der Waals surface area contributed by atoms with Crippen LogP contribution in [0.4, 0.5) is 0 Å². The van der Waals surface area contributed by atoms with Gasteiger partial charge in [-0.3, -0.25) is 9.59 Å². The lowest BCUT2D eigenvalue weighted by Crippen LogP contribution is -2.53. The second-order valence-electron chi connectivity index (χ2n) is 6.29. The molecule has 2 aliphatic carbocycles. The summed E-state index contributed by atoms with van der Waals surface area (Å²) in [6.45, 7) is 2.56. The molecule has 1 saturated carbocycles. The van der Waals surface area contributed by atoms with Gasteiger partial charge < -0.3 is 14.5 Å². The Morgan fingerprint density at radius 3 is 3.00 bits per heavy atom. The minimum Gasteiger partial charge on any atom is -0.465 e. The predicted octanol–water partition coefficient (Wildman–Crippen LogP) is 2.01. The lowest BCUT2D eigenvalue weighted by Gasteiger charge is -2.39. The van der Waals surface area contributed by atoms with Crippen LogP contribution < -0.4 is 5.32 Å². The molecule has 1 saturated heterocycles. The van der Waals surface area contributed by atoms with Crippen molar-refractivity contribution in [3.8, 4) is 0 Å². The highest BCUT2D eigenvalue weighted by molar-refractivity contribution is 6.10. The Labute approximate surface area is 123 Å². The Kier molecular flexibility index (Phi) is 2.92. The lowest BCUT2D eigenvalue weighted by molar-refractivity contribution is 0.00806. The standard InChI is InChI=1S/C16H19NO4/c1-8-14(15-11(18)3-2-4-12(15)21-8)16(19)17-10-7-13-9(10)5-6-20-13/h9-10,13H,2-7H2,1H3,(H,17,19)/t9-,10+,13+/m0/s1. The highest BCUT2D eigenvalue weighted by atomic mass is 16.5. The first-order valence-electron chi connectivity index (χ1n) is 7.73. The van der Waals surface area contributed by atoms with Gasteiger partial charge in [0.1, 0.15) is 11.5 Å². The molecule has 1 amide bonds. The van der Waals surface area contributed by atoms with Gasteiger partial charge in [-0.25, -0.2) is 0 Å². The number of ether oxygens (including phenoxy) is 1. The van der Waals surface area contributed by atoms with Crippen LogP contribution in [0.25, 0.3) is 0 Å². The van der Waals surface area contributed by atoms with Crippen molar-refractivity contribution in [3.05, 3.63) is 22.6 Å². The Morgan fingerprint density at radius 2 is 2.19 bits per heavy atom. The largest absolute Gasteiger partial charge is 0.465 e. The SMILES string of the molecule is Cc1oc2c(c1C(=O)N[C@@H]1C[C@H]3OCC[C@@H]13)C(=O)CCC2. The molecule has 2 fully saturated rings. The van der Waals surface area contributed by atoms with E-state index in [-0.39, 0.29) is 17.7 Å². The van der Waals surface area contributed by atoms with Crippen molar-refractivity contribution < 1.29 is 18.7 Å². The second kappa shape index (κ2) is 4.70. The fourth-order valence-corrected chi connectivity index (χ4v) is 3.89. The van der Waals surface area contributed by atoms with Crippen molar-refractivity contribution in [2.24, 2.45) is 5.92 Å². The molecule has 5 heteroatoms.